The second-order valence-corrected chi connectivity index (χ2v) is 4.20. The van der Waals surface area contributed by atoms with E-state index in [1.54, 1.807) is 12.4 Å². The van der Waals surface area contributed by atoms with Crippen LogP contribution in [0.4, 0.5) is 0 Å². The van der Waals surface area contributed by atoms with Gasteiger partial charge in [-0.2, -0.15) is 4.57 Å². The lowest BCUT2D eigenvalue weighted by Crippen LogP contribution is -2.29. The Labute approximate surface area is 106 Å². The molecule has 0 radical (unpaired) electrons. The van der Waals surface area contributed by atoms with Crippen LogP contribution in [0, 0.1) is 0 Å². The van der Waals surface area contributed by atoms with Crippen molar-refractivity contribution < 1.29 is 4.57 Å². The molecular weight excluding hydrogens is 222 g/mol. The molecule has 0 saturated heterocycles. The van der Waals surface area contributed by atoms with Crippen molar-refractivity contribution in [2.24, 2.45) is 7.05 Å². The molecule has 0 fully saturated rings. The minimum Gasteiger partial charge on any atom is -0.351 e. The van der Waals surface area contributed by atoms with E-state index in [4.69, 9.17) is 0 Å². The van der Waals surface area contributed by atoms with Crippen LogP contribution in [0.5, 0.6) is 0 Å². The fraction of sp³-hybridized carbons (Fsp3) is 0.0667. The molecule has 3 heteroatoms. The average molecular weight is 236 g/mol. The highest BCUT2D eigenvalue weighted by Crippen LogP contribution is 2.19. The summed E-state index contributed by atoms with van der Waals surface area (Å²) in [4.78, 5) is 4.02. The number of nitrogens with zero attached hydrogens (tertiary/aromatic N) is 3. The van der Waals surface area contributed by atoms with E-state index >= 15 is 0 Å². The van der Waals surface area contributed by atoms with Crippen molar-refractivity contribution in [3.63, 3.8) is 0 Å². The van der Waals surface area contributed by atoms with Gasteiger partial charge in [0.15, 0.2) is 12.4 Å². The van der Waals surface area contributed by atoms with Gasteiger partial charge in [-0.3, -0.25) is 4.98 Å². The molecule has 0 amide bonds. The lowest BCUT2D eigenvalue weighted by atomic mass is 10.1. The first-order valence-electron chi connectivity index (χ1n) is 5.88. The summed E-state index contributed by atoms with van der Waals surface area (Å²) in [5, 5.41) is 0. The number of benzene rings is 1. The monoisotopic (exact) mass is 236 g/mol. The van der Waals surface area contributed by atoms with Crippen molar-refractivity contribution in [1.82, 2.24) is 9.55 Å². The molecule has 3 aromatic rings. The van der Waals surface area contributed by atoms with Crippen LogP contribution < -0.4 is 4.57 Å². The van der Waals surface area contributed by atoms with E-state index in [9.17, 15) is 0 Å². The average Bonchev–Trinajstić information content (AvgIpc) is 2.86. The minimum atomic E-state index is 1.13. The van der Waals surface area contributed by atoms with E-state index < -0.39 is 0 Å². The van der Waals surface area contributed by atoms with Crippen molar-refractivity contribution in [3.05, 3.63) is 67.4 Å². The number of aryl methyl sites for hydroxylation is 1. The summed E-state index contributed by atoms with van der Waals surface area (Å²) < 4.78 is 4.16. The van der Waals surface area contributed by atoms with Gasteiger partial charge in [-0.25, -0.2) is 0 Å². The molecule has 3 nitrogen and oxygen atoms in total. The van der Waals surface area contributed by atoms with Crippen LogP contribution in [-0.4, -0.2) is 9.55 Å². The zero-order valence-corrected chi connectivity index (χ0v) is 10.2. The van der Waals surface area contributed by atoms with E-state index in [-0.39, 0.29) is 0 Å². The largest absolute Gasteiger partial charge is 0.351 e. The second-order valence-electron chi connectivity index (χ2n) is 4.20. The van der Waals surface area contributed by atoms with Gasteiger partial charge in [0.1, 0.15) is 0 Å². The normalized spacial score (nSPS) is 10.5. The van der Waals surface area contributed by atoms with Crippen LogP contribution in [0.2, 0.25) is 0 Å². The van der Waals surface area contributed by atoms with Crippen LogP contribution in [0.25, 0.3) is 16.9 Å². The molecule has 0 N–H and O–H groups in total. The van der Waals surface area contributed by atoms with Crippen molar-refractivity contribution in [2.75, 3.05) is 0 Å². The van der Waals surface area contributed by atoms with Gasteiger partial charge in [0, 0.05) is 31.1 Å². The summed E-state index contributed by atoms with van der Waals surface area (Å²) in [5.74, 6) is 0. The van der Waals surface area contributed by atoms with Crippen LogP contribution in [0.3, 0.4) is 0 Å². The zero-order chi connectivity index (χ0) is 12.4. The Balaban J connectivity index is 1.97. The molecular formula is C15H14N3+. The summed E-state index contributed by atoms with van der Waals surface area (Å²) in [7, 11) is 2.06. The number of rotatable bonds is 2. The quantitative estimate of drug-likeness (QED) is 0.626. The topological polar surface area (TPSA) is 21.7 Å². The van der Waals surface area contributed by atoms with Gasteiger partial charge in [-0.05, 0) is 29.8 Å². The van der Waals surface area contributed by atoms with Gasteiger partial charge < -0.3 is 4.57 Å². The predicted molar refractivity (Wildman–Crippen MR) is 70.2 cm³/mol. The third-order valence-corrected chi connectivity index (χ3v) is 3.03. The standard InChI is InChI=1S/C15H14N3/c1-17-10-2-3-15(17)13-4-6-14(7-5-13)18-11-8-16-9-12-18/h2-12H,1H3/q+1. The van der Waals surface area contributed by atoms with Crippen molar-refractivity contribution in [3.8, 4) is 16.9 Å². The van der Waals surface area contributed by atoms with E-state index in [1.165, 1.54) is 11.3 Å². The molecule has 0 aliphatic carbocycles. The van der Waals surface area contributed by atoms with E-state index in [0.29, 0.717) is 0 Å². The molecule has 0 aliphatic rings. The SMILES string of the molecule is Cn1cccc1-c1ccc(-[n+]2ccncc2)cc1. The van der Waals surface area contributed by atoms with Gasteiger partial charge in [0.25, 0.3) is 0 Å². The van der Waals surface area contributed by atoms with Crippen LogP contribution in [0.1, 0.15) is 0 Å². The van der Waals surface area contributed by atoms with Crippen LogP contribution in [0.15, 0.2) is 67.4 Å². The lowest BCUT2D eigenvalue weighted by molar-refractivity contribution is -0.596. The molecule has 2 heterocycles. The summed E-state index contributed by atoms with van der Waals surface area (Å²) in [6.45, 7) is 0. The molecule has 88 valence electrons. The van der Waals surface area contributed by atoms with Gasteiger partial charge in [-0.15, -0.1) is 0 Å². The summed E-state index contributed by atoms with van der Waals surface area (Å²) in [6.07, 6.45) is 9.51. The maximum atomic E-state index is 4.02. The number of hydrogen-bond donors (Lipinski definition) is 0. The Kier molecular flexibility index (Phi) is 2.65. The first kappa shape index (κ1) is 10.7. The molecule has 2 aromatic heterocycles. The summed E-state index contributed by atoms with van der Waals surface area (Å²) >= 11 is 0. The molecule has 3 rings (SSSR count). The Morgan fingerprint density at radius 3 is 2.33 bits per heavy atom. The minimum absolute atomic E-state index is 1.13. The Morgan fingerprint density at radius 1 is 1.00 bits per heavy atom. The third-order valence-electron chi connectivity index (χ3n) is 3.03. The first-order valence-corrected chi connectivity index (χ1v) is 5.88. The van der Waals surface area contributed by atoms with Crippen LogP contribution >= 0.6 is 0 Å². The third kappa shape index (κ3) is 1.91. The number of aromatic nitrogens is 3. The van der Waals surface area contributed by atoms with E-state index in [2.05, 4.69) is 59.2 Å². The van der Waals surface area contributed by atoms with Crippen molar-refractivity contribution >= 4 is 0 Å². The Morgan fingerprint density at radius 2 is 1.72 bits per heavy atom. The van der Waals surface area contributed by atoms with Gasteiger partial charge in [0.05, 0.1) is 12.4 Å². The molecule has 1 aromatic carbocycles. The Bertz CT molecular complexity index is 639. The highest BCUT2D eigenvalue weighted by atomic mass is 15.0. The molecule has 0 aliphatic heterocycles. The molecule has 0 atom stereocenters. The van der Waals surface area contributed by atoms with Gasteiger partial charge in [0.2, 0.25) is 5.69 Å². The molecule has 0 unspecified atom stereocenters. The zero-order valence-electron chi connectivity index (χ0n) is 10.2. The van der Waals surface area contributed by atoms with Crippen LogP contribution in [-0.2, 0) is 7.05 Å². The molecule has 0 saturated carbocycles. The summed E-state index contributed by atoms with van der Waals surface area (Å²) in [6, 6.07) is 12.7. The summed E-state index contributed by atoms with van der Waals surface area (Å²) in [5.41, 5.74) is 3.58. The number of hydrogen-bond acceptors (Lipinski definition) is 1. The van der Waals surface area contributed by atoms with Crippen molar-refractivity contribution in [1.29, 1.82) is 0 Å². The van der Waals surface area contributed by atoms with E-state index in [0.717, 1.165) is 5.69 Å². The smallest absolute Gasteiger partial charge is 0.210 e. The predicted octanol–water partition coefficient (Wildman–Crippen LogP) is 2.36. The lowest BCUT2D eigenvalue weighted by Gasteiger charge is -2.03. The fourth-order valence-corrected chi connectivity index (χ4v) is 2.06. The highest BCUT2D eigenvalue weighted by molar-refractivity contribution is 5.60. The van der Waals surface area contributed by atoms with Gasteiger partial charge >= 0.3 is 0 Å². The maximum absolute atomic E-state index is 4.02. The highest BCUT2D eigenvalue weighted by Gasteiger charge is 2.06. The molecule has 0 spiro atoms. The Hall–Kier alpha value is -2.42. The second kappa shape index (κ2) is 4.45. The molecule has 18 heavy (non-hydrogen) atoms. The van der Waals surface area contributed by atoms with Crippen molar-refractivity contribution in [2.45, 2.75) is 0 Å². The fourth-order valence-electron chi connectivity index (χ4n) is 2.06. The van der Waals surface area contributed by atoms with Gasteiger partial charge in [-0.1, -0.05) is 0 Å². The molecule has 0 bridgehead atoms. The first-order chi connectivity index (χ1) is 8.84. The maximum Gasteiger partial charge on any atom is 0.210 e. The van der Waals surface area contributed by atoms with E-state index in [1.807, 2.05) is 17.0 Å².